The van der Waals surface area contributed by atoms with Gasteiger partial charge in [-0.15, -0.1) is 0 Å². The molecule has 0 saturated carbocycles. The van der Waals surface area contributed by atoms with E-state index in [1.165, 1.54) is 24.3 Å². The van der Waals surface area contributed by atoms with Gasteiger partial charge in [-0.25, -0.2) is 9.18 Å². The first kappa shape index (κ1) is 16.6. The van der Waals surface area contributed by atoms with Crippen LogP contribution in [0.3, 0.4) is 0 Å². The predicted octanol–water partition coefficient (Wildman–Crippen LogP) is 2.62. The summed E-state index contributed by atoms with van der Waals surface area (Å²) in [4.78, 5) is 23.5. The highest BCUT2D eigenvalue weighted by molar-refractivity contribution is 5.98. The van der Waals surface area contributed by atoms with Gasteiger partial charge in [0.05, 0.1) is 5.69 Å². The van der Waals surface area contributed by atoms with Gasteiger partial charge in [0, 0.05) is 29.9 Å². The zero-order valence-corrected chi connectivity index (χ0v) is 13.2. The number of ketones is 1. The maximum absolute atomic E-state index is 13.0. The molecule has 0 aliphatic rings. The van der Waals surface area contributed by atoms with E-state index in [1.807, 2.05) is 20.9 Å². The number of carbonyl (C=O) groups is 2. The second kappa shape index (κ2) is 7.00. The maximum Gasteiger partial charge on any atom is 0.331 e. The number of esters is 1. The zero-order chi connectivity index (χ0) is 17.0. The maximum atomic E-state index is 13.0. The van der Waals surface area contributed by atoms with Crippen LogP contribution < -0.4 is 0 Å². The van der Waals surface area contributed by atoms with Gasteiger partial charge < -0.3 is 4.74 Å². The van der Waals surface area contributed by atoms with Gasteiger partial charge in [0.15, 0.2) is 12.4 Å². The summed E-state index contributed by atoms with van der Waals surface area (Å²) in [6.07, 6.45) is 2.85. The molecule has 1 aromatic carbocycles. The number of hydrogen-bond acceptors (Lipinski definition) is 4. The van der Waals surface area contributed by atoms with Gasteiger partial charge in [-0.3, -0.25) is 9.48 Å². The van der Waals surface area contributed by atoms with E-state index < -0.39 is 24.2 Å². The molecule has 0 saturated heterocycles. The Kier molecular flexibility index (Phi) is 5.05. The SMILES string of the molecule is Cc1nn(C)c(C)c1/C=C/C(=O)OCC(=O)c1cccc(F)c1. The topological polar surface area (TPSA) is 61.2 Å². The molecule has 0 unspecified atom stereocenters. The molecule has 2 aromatic rings. The lowest BCUT2D eigenvalue weighted by atomic mass is 10.1. The molecule has 0 amide bonds. The molecule has 0 spiro atoms. The Morgan fingerprint density at radius 2 is 2.09 bits per heavy atom. The van der Waals surface area contributed by atoms with Crippen LogP contribution in [0, 0.1) is 19.7 Å². The minimum atomic E-state index is -0.641. The molecule has 0 atom stereocenters. The van der Waals surface area contributed by atoms with Crippen molar-refractivity contribution in [2.75, 3.05) is 6.61 Å². The molecule has 120 valence electrons. The van der Waals surface area contributed by atoms with Gasteiger partial charge in [-0.2, -0.15) is 5.10 Å². The van der Waals surface area contributed by atoms with E-state index in [1.54, 1.807) is 10.8 Å². The van der Waals surface area contributed by atoms with E-state index in [2.05, 4.69) is 5.10 Å². The smallest absolute Gasteiger partial charge is 0.331 e. The Morgan fingerprint density at radius 3 is 2.70 bits per heavy atom. The molecule has 23 heavy (non-hydrogen) atoms. The second-order valence-electron chi connectivity index (χ2n) is 5.08. The molecule has 1 aromatic heterocycles. The van der Waals surface area contributed by atoms with Crippen LogP contribution in [0.15, 0.2) is 30.3 Å². The number of rotatable bonds is 5. The normalized spacial score (nSPS) is 11.0. The van der Waals surface area contributed by atoms with Crippen molar-refractivity contribution in [1.82, 2.24) is 9.78 Å². The lowest BCUT2D eigenvalue weighted by Crippen LogP contribution is -2.12. The fraction of sp³-hybridized carbons (Fsp3) is 0.235. The summed E-state index contributed by atoms with van der Waals surface area (Å²) in [6.45, 7) is 3.29. The first-order valence-electron chi connectivity index (χ1n) is 7.02. The second-order valence-corrected chi connectivity index (χ2v) is 5.08. The van der Waals surface area contributed by atoms with Crippen LogP contribution in [0.25, 0.3) is 6.08 Å². The number of benzene rings is 1. The Morgan fingerprint density at radius 1 is 1.35 bits per heavy atom. The summed E-state index contributed by atoms with van der Waals surface area (Å²) in [5, 5.41) is 4.23. The van der Waals surface area contributed by atoms with Gasteiger partial charge in [0.25, 0.3) is 0 Å². The fourth-order valence-electron chi connectivity index (χ4n) is 2.11. The van der Waals surface area contributed by atoms with E-state index >= 15 is 0 Å². The van der Waals surface area contributed by atoms with Crippen molar-refractivity contribution < 1.29 is 18.7 Å². The first-order valence-corrected chi connectivity index (χ1v) is 7.02. The number of Topliss-reactive ketones (excluding diaryl/α,β-unsaturated/α-hetero) is 1. The summed E-state index contributed by atoms with van der Waals surface area (Å²) < 4.78 is 19.6. The highest BCUT2D eigenvalue weighted by Crippen LogP contribution is 2.13. The molecular weight excluding hydrogens is 299 g/mol. The summed E-state index contributed by atoms with van der Waals surface area (Å²) in [6, 6.07) is 5.24. The van der Waals surface area contributed by atoms with Crippen LogP contribution in [0.1, 0.15) is 27.3 Å². The third-order valence-electron chi connectivity index (χ3n) is 3.44. The molecule has 0 bridgehead atoms. The molecule has 0 aliphatic heterocycles. The van der Waals surface area contributed by atoms with Gasteiger partial charge in [-0.05, 0) is 32.1 Å². The molecule has 0 radical (unpaired) electrons. The standard InChI is InChI=1S/C17H17FN2O3/c1-11-15(12(2)20(3)19-11)7-8-17(22)23-10-16(21)13-5-4-6-14(18)9-13/h4-9H,10H2,1-3H3/b8-7+. The van der Waals surface area contributed by atoms with E-state index in [0.29, 0.717) is 0 Å². The lowest BCUT2D eigenvalue weighted by Gasteiger charge is -2.02. The Bertz CT molecular complexity index is 778. The number of hydrogen-bond donors (Lipinski definition) is 0. The molecule has 1 heterocycles. The minimum Gasteiger partial charge on any atom is -0.454 e. The Labute approximate surface area is 133 Å². The van der Waals surface area contributed by atoms with Gasteiger partial charge in [-0.1, -0.05) is 12.1 Å². The van der Waals surface area contributed by atoms with Crippen LogP contribution in [-0.4, -0.2) is 28.1 Å². The highest BCUT2D eigenvalue weighted by Gasteiger charge is 2.10. The minimum absolute atomic E-state index is 0.167. The van der Waals surface area contributed by atoms with Crippen molar-refractivity contribution in [1.29, 1.82) is 0 Å². The molecule has 5 nitrogen and oxygen atoms in total. The molecule has 2 rings (SSSR count). The number of aryl methyl sites for hydroxylation is 2. The Hall–Kier alpha value is -2.76. The van der Waals surface area contributed by atoms with E-state index in [4.69, 9.17) is 4.74 Å². The largest absolute Gasteiger partial charge is 0.454 e. The van der Waals surface area contributed by atoms with Crippen molar-refractivity contribution >= 4 is 17.8 Å². The quantitative estimate of drug-likeness (QED) is 0.483. The van der Waals surface area contributed by atoms with Crippen LogP contribution in [-0.2, 0) is 16.6 Å². The van der Waals surface area contributed by atoms with Gasteiger partial charge >= 0.3 is 5.97 Å². The van der Waals surface area contributed by atoms with Crippen LogP contribution >= 0.6 is 0 Å². The predicted molar refractivity (Wildman–Crippen MR) is 83.4 cm³/mol. The van der Waals surface area contributed by atoms with Crippen LogP contribution in [0.4, 0.5) is 4.39 Å². The van der Waals surface area contributed by atoms with E-state index in [0.717, 1.165) is 23.0 Å². The average Bonchev–Trinajstić information content (AvgIpc) is 2.75. The molecule has 0 aliphatic carbocycles. The molecule has 0 N–H and O–H groups in total. The highest BCUT2D eigenvalue weighted by atomic mass is 19.1. The van der Waals surface area contributed by atoms with Gasteiger partial charge in [0.2, 0.25) is 0 Å². The fourth-order valence-corrected chi connectivity index (χ4v) is 2.11. The summed E-state index contributed by atoms with van der Waals surface area (Å²) in [5.74, 6) is -1.61. The van der Waals surface area contributed by atoms with Crippen molar-refractivity contribution in [3.63, 3.8) is 0 Å². The lowest BCUT2D eigenvalue weighted by molar-refractivity contribution is -0.136. The summed E-state index contributed by atoms with van der Waals surface area (Å²) in [5.41, 5.74) is 2.72. The van der Waals surface area contributed by atoms with Gasteiger partial charge in [0.1, 0.15) is 5.82 Å². The van der Waals surface area contributed by atoms with Crippen LogP contribution in [0.5, 0.6) is 0 Å². The number of nitrogens with zero attached hydrogens (tertiary/aromatic N) is 2. The number of ether oxygens (including phenoxy) is 1. The molecule has 0 fully saturated rings. The first-order chi connectivity index (χ1) is 10.9. The number of aromatic nitrogens is 2. The third kappa shape index (κ3) is 4.12. The van der Waals surface area contributed by atoms with Crippen molar-refractivity contribution in [2.24, 2.45) is 7.05 Å². The van der Waals surface area contributed by atoms with Crippen LogP contribution in [0.2, 0.25) is 0 Å². The third-order valence-corrected chi connectivity index (χ3v) is 3.44. The molecule has 6 heteroatoms. The van der Waals surface area contributed by atoms with E-state index in [-0.39, 0.29) is 5.56 Å². The zero-order valence-electron chi connectivity index (χ0n) is 13.2. The number of halogens is 1. The summed E-state index contributed by atoms with van der Waals surface area (Å²) >= 11 is 0. The summed E-state index contributed by atoms with van der Waals surface area (Å²) in [7, 11) is 1.82. The monoisotopic (exact) mass is 316 g/mol. The molecular formula is C17H17FN2O3. The van der Waals surface area contributed by atoms with Crippen molar-refractivity contribution in [3.8, 4) is 0 Å². The van der Waals surface area contributed by atoms with Crippen molar-refractivity contribution in [3.05, 3.63) is 58.7 Å². The van der Waals surface area contributed by atoms with E-state index in [9.17, 15) is 14.0 Å². The van der Waals surface area contributed by atoms with Crippen molar-refractivity contribution in [2.45, 2.75) is 13.8 Å². The average molecular weight is 316 g/mol. The number of carbonyl (C=O) groups excluding carboxylic acids is 2. The Balaban J connectivity index is 1.95.